The largest absolute Gasteiger partial charge is 0.353 e. The molecule has 0 aliphatic carbocycles. The Kier molecular flexibility index (Phi) is 3.73. The van der Waals surface area contributed by atoms with Crippen molar-refractivity contribution in [2.24, 2.45) is 0 Å². The smallest absolute Gasteiger partial charge is 0.153 e. The van der Waals surface area contributed by atoms with Crippen molar-refractivity contribution in [2.45, 2.75) is 0 Å². The molecule has 0 saturated carbocycles. The van der Waals surface area contributed by atoms with E-state index in [-0.39, 0.29) is 5.82 Å². The number of anilines is 3. The monoisotopic (exact) mass is 273 g/mol. The average Bonchev–Trinajstić information content (AvgIpc) is 2.51. The Balaban J connectivity index is 1.67. The van der Waals surface area contributed by atoms with Gasteiger partial charge in [-0.1, -0.05) is 0 Å². The Labute approximate surface area is 116 Å². The zero-order valence-electron chi connectivity index (χ0n) is 11.0. The van der Waals surface area contributed by atoms with E-state index in [0.717, 1.165) is 37.7 Å². The number of halogens is 1. The van der Waals surface area contributed by atoms with Gasteiger partial charge in [0.25, 0.3) is 0 Å². The SMILES string of the molecule is Fc1ccc(Nc2ccc(N3CCNCC3)nn2)cc1. The summed E-state index contributed by atoms with van der Waals surface area (Å²) in [5.41, 5.74) is 0.788. The van der Waals surface area contributed by atoms with Crippen molar-refractivity contribution in [1.82, 2.24) is 15.5 Å². The molecule has 1 aromatic carbocycles. The highest BCUT2D eigenvalue weighted by atomic mass is 19.1. The quantitative estimate of drug-likeness (QED) is 0.892. The van der Waals surface area contributed by atoms with Gasteiger partial charge in [-0.15, -0.1) is 10.2 Å². The minimum atomic E-state index is -0.254. The molecule has 1 aliphatic rings. The van der Waals surface area contributed by atoms with Crippen LogP contribution in [0.5, 0.6) is 0 Å². The Morgan fingerprint density at radius 3 is 2.40 bits per heavy atom. The first-order valence-corrected chi connectivity index (χ1v) is 6.63. The lowest BCUT2D eigenvalue weighted by Crippen LogP contribution is -2.43. The van der Waals surface area contributed by atoms with Gasteiger partial charge in [-0.05, 0) is 36.4 Å². The van der Waals surface area contributed by atoms with Crippen LogP contribution in [0.4, 0.5) is 21.7 Å². The van der Waals surface area contributed by atoms with Gasteiger partial charge in [0.05, 0.1) is 0 Å². The van der Waals surface area contributed by atoms with Crippen molar-refractivity contribution in [3.05, 3.63) is 42.2 Å². The van der Waals surface area contributed by atoms with E-state index >= 15 is 0 Å². The van der Waals surface area contributed by atoms with Crippen molar-refractivity contribution in [3.8, 4) is 0 Å². The maximum absolute atomic E-state index is 12.8. The first kappa shape index (κ1) is 12.8. The van der Waals surface area contributed by atoms with Gasteiger partial charge >= 0.3 is 0 Å². The lowest BCUT2D eigenvalue weighted by Gasteiger charge is -2.27. The van der Waals surface area contributed by atoms with Gasteiger partial charge < -0.3 is 15.5 Å². The molecule has 1 aliphatic heterocycles. The Morgan fingerprint density at radius 2 is 1.75 bits per heavy atom. The van der Waals surface area contributed by atoms with Crippen molar-refractivity contribution in [1.29, 1.82) is 0 Å². The summed E-state index contributed by atoms with van der Waals surface area (Å²) in [6.45, 7) is 3.83. The summed E-state index contributed by atoms with van der Waals surface area (Å²) in [4.78, 5) is 2.20. The number of rotatable bonds is 3. The maximum Gasteiger partial charge on any atom is 0.153 e. The number of piperazine rings is 1. The molecule has 0 bridgehead atoms. The number of aromatic nitrogens is 2. The molecule has 0 atom stereocenters. The second-order valence-corrected chi connectivity index (χ2v) is 4.65. The highest BCUT2D eigenvalue weighted by molar-refractivity contribution is 5.56. The third kappa shape index (κ3) is 3.03. The van der Waals surface area contributed by atoms with Crippen LogP contribution in [-0.4, -0.2) is 36.4 Å². The molecule has 2 heterocycles. The number of benzene rings is 1. The second-order valence-electron chi connectivity index (χ2n) is 4.65. The van der Waals surface area contributed by atoms with E-state index in [9.17, 15) is 4.39 Å². The first-order valence-electron chi connectivity index (χ1n) is 6.63. The summed E-state index contributed by atoms with van der Waals surface area (Å²) in [7, 11) is 0. The standard InChI is InChI=1S/C14H16FN5/c15-11-1-3-12(4-2-11)17-13-5-6-14(19-18-13)20-9-7-16-8-10-20/h1-6,16H,7-10H2,(H,17,18). The van der Waals surface area contributed by atoms with Gasteiger partial charge in [-0.25, -0.2) is 4.39 Å². The molecule has 1 aromatic heterocycles. The number of hydrogen-bond donors (Lipinski definition) is 2. The second kappa shape index (κ2) is 5.83. The zero-order valence-corrected chi connectivity index (χ0v) is 11.0. The molecule has 6 heteroatoms. The van der Waals surface area contributed by atoms with Crippen LogP contribution < -0.4 is 15.5 Å². The summed E-state index contributed by atoms with van der Waals surface area (Å²) in [6.07, 6.45) is 0. The van der Waals surface area contributed by atoms with Crippen molar-refractivity contribution >= 4 is 17.3 Å². The van der Waals surface area contributed by atoms with E-state index in [1.165, 1.54) is 12.1 Å². The highest BCUT2D eigenvalue weighted by Crippen LogP contribution is 2.16. The predicted molar refractivity (Wildman–Crippen MR) is 76.8 cm³/mol. The van der Waals surface area contributed by atoms with E-state index in [1.807, 2.05) is 12.1 Å². The molecule has 104 valence electrons. The van der Waals surface area contributed by atoms with Gasteiger partial charge in [0, 0.05) is 31.9 Å². The third-order valence-corrected chi connectivity index (χ3v) is 3.21. The summed E-state index contributed by atoms with van der Waals surface area (Å²) < 4.78 is 12.8. The van der Waals surface area contributed by atoms with Gasteiger partial charge in [0.2, 0.25) is 0 Å². The molecule has 0 radical (unpaired) electrons. The lowest BCUT2D eigenvalue weighted by atomic mass is 10.3. The molecule has 0 amide bonds. The fraction of sp³-hybridized carbons (Fsp3) is 0.286. The molecular formula is C14H16FN5. The molecule has 3 rings (SSSR count). The first-order chi connectivity index (χ1) is 9.81. The van der Waals surface area contributed by atoms with Crippen LogP contribution in [0.25, 0.3) is 0 Å². The predicted octanol–water partition coefficient (Wildman–Crippen LogP) is 1.77. The van der Waals surface area contributed by atoms with Gasteiger partial charge in [0.1, 0.15) is 5.82 Å². The highest BCUT2D eigenvalue weighted by Gasteiger charge is 2.11. The fourth-order valence-electron chi connectivity index (χ4n) is 2.14. The van der Waals surface area contributed by atoms with Crippen LogP contribution >= 0.6 is 0 Å². The fourth-order valence-corrected chi connectivity index (χ4v) is 2.14. The summed E-state index contributed by atoms with van der Waals surface area (Å²) >= 11 is 0. The van der Waals surface area contributed by atoms with E-state index in [1.54, 1.807) is 12.1 Å². The van der Waals surface area contributed by atoms with Crippen molar-refractivity contribution in [3.63, 3.8) is 0 Å². The van der Waals surface area contributed by atoms with Crippen molar-refractivity contribution in [2.75, 3.05) is 36.4 Å². The average molecular weight is 273 g/mol. The minimum absolute atomic E-state index is 0.254. The van der Waals surface area contributed by atoms with Crippen LogP contribution in [0.15, 0.2) is 36.4 Å². The van der Waals surface area contributed by atoms with Gasteiger partial charge in [0.15, 0.2) is 11.6 Å². The van der Waals surface area contributed by atoms with E-state index in [0.29, 0.717) is 5.82 Å². The summed E-state index contributed by atoms with van der Waals surface area (Å²) in [6, 6.07) is 9.98. The van der Waals surface area contributed by atoms with E-state index in [2.05, 4.69) is 25.7 Å². The summed E-state index contributed by atoms with van der Waals surface area (Å²) in [5, 5.41) is 14.8. The zero-order chi connectivity index (χ0) is 13.8. The van der Waals surface area contributed by atoms with Gasteiger partial charge in [-0.3, -0.25) is 0 Å². The molecule has 5 nitrogen and oxygen atoms in total. The van der Waals surface area contributed by atoms with Crippen LogP contribution in [0.2, 0.25) is 0 Å². The molecule has 20 heavy (non-hydrogen) atoms. The lowest BCUT2D eigenvalue weighted by molar-refractivity contribution is 0.583. The number of nitrogens with one attached hydrogen (secondary N) is 2. The maximum atomic E-state index is 12.8. The van der Waals surface area contributed by atoms with Crippen LogP contribution in [0.3, 0.4) is 0 Å². The normalized spacial score (nSPS) is 15.2. The van der Waals surface area contributed by atoms with Crippen molar-refractivity contribution < 1.29 is 4.39 Å². The Morgan fingerprint density at radius 1 is 1.00 bits per heavy atom. The van der Waals surface area contributed by atoms with E-state index < -0.39 is 0 Å². The molecular weight excluding hydrogens is 257 g/mol. The Hall–Kier alpha value is -2.21. The number of nitrogens with zero attached hydrogens (tertiary/aromatic N) is 3. The molecule has 1 fully saturated rings. The van der Waals surface area contributed by atoms with Gasteiger partial charge in [-0.2, -0.15) is 0 Å². The van der Waals surface area contributed by atoms with Crippen LogP contribution in [-0.2, 0) is 0 Å². The summed E-state index contributed by atoms with van der Waals surface area (Å²) in [5.74, 6) is 1.28. The number of hydrogen-bond acceptors (Lipinski definition) is 5. The molecule has 1 saturated heterocycles. The molecule has 0 spiro atoms. The minimum Gasteiger partial charge on any atom is -0.353 e. The molecule has 2 N–H and O–H groups in total. The van der Waals surface area contributed by atoms with Crippen LogP contribution in [0.1, 0.15) is 0 Å². The topological polar surface area (TPSA) is 53.1 Å². The Bertz CT molecular complexity index is 549. The van der Waals surface area contributed by atoms with E-state index in [4.69, 9.17) is 0 Å². The molecule has 2 aromatic rings. The third-order valence-electron chi connectivity index (χ3n) is 3.21. The van der Waals surface area contributed by atoms with Crippen LogP contribution in [0, 0.1) is 5.82 Å². The molecule has 0 unspecified atom stereocenters.